The van der Waals surface area contributed by atoms with Gasteiger partial charge in [-0.1, -0.05) is 29.3 Å². The molecule has 1 aromatic heterocycles. The maximum absolute atomic E-state index is 13.8. The fraction of sp³-hybridized carbons (Fsp3) is 0.423. The van der Waals surface area contributed by atoms with E-state index in [0.717, 1.165) is 53.8 Å². The van der Waals surface area contributed by atoms with Crippen molar-refractivity contribution in [2.45, 2.75) is 49.9 Å². The van der Waals surface area contributed by atoms with E-state index in [4.69, 9.17) is 37.7 Å². The molecule has 0 radical (unpaired) electrons. The van der Waals surface area contributed by atoms with Gasteiger partial charge in [-0.25, -0.2) is 4.39 Å². The monoisotopic (exact) mass is 503 g/mol. The van der Waals surface area contributed by atoms with Gasteiger partial charge in [0.2, 0.25) is 0 Å². The molecule has 34 heavy (non-hydrogen) atoms. The molecule has 2 heterocycles. The maximum Gasteiger partial charge on any atom is 0.167 e. The summed E-state index contributed by atoms with van der Waals surface area (Å²) in [6, 6.07) is 15.4. The number of ether oxygens (including phenoxy) is 2. The highest BCUT2D eigenvalue weighted by Crippen LogP contribution is 2.29. The summed E-state index contributed by atoms with van der Waals surface area (Å²) < 4.78 is 25.3. The van der Waals surface area contributed by atoms with Crippen molar-refractivity contribution >= 4 is 34.1 Å². The number of hydrogen-bond donors (Lipinski definition) is 2. The van der Waals surface area contributed by atoms with Gasteiger partial charge in [0.15, 0.2) is 5.60 Å². The number of rotatable bonds is 8. The smallest absolute Gasteiger partial charge is 0.167 e. The minimum atomic E-state index is -0.475. The summed E-state index contributed by atoms with van der Waals surface area (Å²) in [6.07, 6.45) is 4.39. The molecule has 2 N–H and O–H groups in total. The number of pyridine rings is 1. The van der Waals surface area contributed by atoms with Crippen molar-refractivity contribution in [2.24, 2.45) is 0 Å². The third-order valence-corrected chi connectivity index (χ3v) is 7.22. The first-order valence-corrected chi connectivity index (χ1v) is 12.5. The molecule has 5 rings (SSSR count). The first-order chi connectivity index (χ1) is 16.5. The lowest BCUT2D eigenvalue weighted by Gasteiger charge is -2.43. The van der Waals surface area contributed by atoms with Crippen molar-refractivity contribution in [1.82, 2.24) is 15.6 Å². The molecule has 180 valence electrons. The second-order valence-corrected chi connectivity index (χ2v) is 10.1. The number of halogens is 3. The van der Waals surface area contributed by atoms with Crippen LogP contribution in [0.2, 0.25) is 10.0 Å². The van der Waals surface area contributed by atoms with Crippen LogP contribution in [0.15, 0.2) is 48.5 Å². The van der Waals surface area contributed by atoms with Gasteiger partial charge in [0.25, 0.3) is 0 Å². The van der Waals surface area contributed by atoms with E-state index in [2.05, 4.69) is 22.8 Å². The Balaban J connectivity index is 1.07. The zero-order valence-corrected chi connectivity index (χ0v) is 20.3. The van der Waals surface area contributed by atoms with Gasteiger partial charge in [-0.15, -0.1) is 0 Å². The van der Waals surface area contributed by atoms with Gasteiger partial charge in [0.05, 0.1) is 29.4 Å². The Kier molecular flexibility index (Phi) is 7.23. The minimum absolute atomic E-state index is 0.0936. The molecule has 2 fully saturated rings. The average Bonchev–Trinajstić information content (AvgIpc) is 2.82. The highest BCUT2D eigenvalue weighted by molar-refractivity contribution is 6.31. The van der Waals surface area contributed by atoms with Crippen LogP contribution in [0.1, 0.15) is 31.4 Å². The number of nitrogens with one attached hydrogen (secondary N) is 2. The van der Waals surface area contributed by atoms with Crippen molar-refractivity contribution in [3.05, 3.63) is 70.1 Å². The summed E-state index contributed by atoms with van der Waals surface area (Å²) in [6.45, 7) is 2.41. The van der Waals surface area contributed by atoms with Gasteiger partial charge in [0, 0.05) is 41.6 Å². The van der Waals surface area contributed by atoms with E-state index in [1.807, 2.05) is 18.2 Å². The lowest BCUT2D eigenvalue weighted by atomic mass is 9.90. The van der Waals surface area contributed by atoms with E-state index in [0.29, 0.717) is 37.6 Å². The molecule has 2 aromatic carbocycles. The highest BCUT2D eigenvalue weighted by Gasteiger charge is 2.41. The van der Waals surface area contributed by atoms with Gasteiger partial charge in [-0.3, -0.25) is 4.98 Å². The van der Waals surface area contributed by atoms with Crippen LogP contribution in [0.25, 0.3) is 10.9 Å². The quantitative estimate of drug-likeness (QED) is 0.423. The highest BCUT2D eigenvalue weighted by atomic mass is 35.5. The summed E-state index contributed by atoms with van der Waals surface area (Å²) in [7, 11) is 0. The molecule has 8 heteroatoms. The summed E-state index contributed by atoms with van der Waals surface area (Å²) in [4.78, 5) is 4.74. The topological polar surface area (TPSA) is 55.4 Å². The number of nitrogens with zero attached hydrogens (tertiary/aromatic N) is 1. The Bertz CT molecular complexity index is 1150. The van der Waals surface area contributed by atoms with Crippen LogP contribution in [0.3, 0.4) is 0 Å². The van der Waals surface area contributed by atoms with Crippen molar-refractivity contribution in [1.29, 1.82) is 0 Å². The van der Waals surface area contributed by atoms with Crippen LogP contribution >= 0.6 is 23.2 Å². The van der Waals surface area contributed by atoms with E-state index in [1.165, 1.54) is 12.1 Å². The lowest BCUT2D eigenvalue weighted by Crippen LogP contribution is -2.61. The van der Waals surface area contributed by atoms with E-state index < -0.39 is 11.4 Å². The molecule has 0 unspecified atom stereocenters. The van der Waals surface area contributed by atoms with Gasteiger partial charge < -0.3 is 20.1 Å². The van der Waals surface area contributed by atoms with E-state index in [-0.39, 0.29) is 5.02 Å². The van der Waals surface area contributed by atoms with Crippen LogP contribution in [-0.4, -0.2) is 42.4 Å². The Hall–Kier alpha value is -1.96. The fourth-order valence-corrected chi connectivity index (χ4v) is 4.93. The zero-order chi connectivity index (χ0) is 23.5. The molecule has 0 atom stereocenters. The third-order valence-electron chi connectivity index (χ3n) is 6.68. The van der Waals surface area contributed by atoms with Crippen LogP contribution in [0, 0.1) is 5.82 Å². The summed E-state index contributed by atoms with van der Waals surface area (Å²) in [5.41, 5.74) is 1.55. The summed E-state index contributed by atoms with van der Waals surface area (Å²) in [5, 5.41) is 9.20. The normalized spacial score (nSPS) is 21.9. The maximum atomic E-state index is 13.8. The number of fused-ring (bicyclic) bond motifs is 1. The molecule has 1 saturated heterocycles. The molecular formula is C26H28Cl2FN3O2. The number of benzene rings is 2. The molecular weight excluding hydrogens is 476 g/mol. The van der Waals surface area contributed by atoms with E-state index >= 15 is 0 Å². The minimum Gasteiger partial charge on any atom is -0.481 e. The molecule has 0 amide bonds. The molecule has 1 aliphatic heterocycles. The Labute approximate surface area is 208 Å². The summed E-state index contributed by atoms with van der Waals surface area (Å²) in [5.74, 6) is 0.00179. The van der Waals surface area contributed by atoms with Crippen molar-refractivity contribution < 1.29 is 13.9 Å². The fourth-order valence-electron chi connectivity index (χ4n) is 4.64. The Morgan fingerprint density at radius 3 is 2.44 bits per heavy atom. The van der Waals surface area contributed by atoms with Crippen molar-refractivity contribution in [3.63, 3.8) is 0 Å². The standard InChI is InChI=1S/C26H28Cl2FN3O2/c27-18-2-10-25-17(11-18)1-3-21(32-25)13-30-19-4-6-20(7-5-19)31-14-26(15-33-16-26)34-22-8-9-23(28)24(29)12-22/h1-3,8-12,19-20,30-31H,4-7,13-16H2. The van der Waals surface area contributed by atoms with E-state index in [1.54, 1.807) is 6.07 Å². The Morgan fingerprint density at radius 1 is 0.971 bits per heavy atom. The average molecular weight is 504 g/mol. The predicted molar refractivity (Wildman–Crippen MR) is 133 cm³/mol. The molecule has 2 aliphatic rings. The zero-order valence-electron chi connectivity index (χ0n) is 18.8. The van der Waals surface area contributed by atoms with Gasteiger partial charge in [-0.2, -0.15) is 0 Å². The van der Waals surface area contributed by atoms with Crippen molar-refractivity contribution in [3.8, 4) is 5.75 Å². The lowest BCUT2D eigenvalue weighted by molar-refractivity contribution is -0.159. The Morgan fingerprint density at radius 2 is 1.74 bits per heavy atom. The predicted octanol–water partition coefficient (Wildman–Crippen LogP) is 5.52. The van der Waals surface area contributed by atoms with Gasteiger partial charge in [-0.05, 0) is 62.1 Å². The third kappa shape index (κ3) is 5.64. The first-order valence-electron chi connectivity index (χ1n) is 11.7. The van der Waals surface area contributed by atoms with Crippen LogP contribution in [-0.2, 0) is 11.3 Å². The van der Waals surface area contributed by atoms with Crippen LogP contribution in [0.4, 0.5) is 4.39 Å². The van der Waals surface area contributed by atoms with Gasteiger partial charge in [0.1, 0.15) is 11.6 Å². The van der Waals surface area contributed by atoms with Crippen LogP contribution < -0.4 is 15.4 Å². The van der Waals surface area contributed by atoms with Crippen molar-refractivity contribution in [2.75, 3.05) is 19.8 Å². The SMILES string of the molecule is Fc1cc(OC2(CNC3CCC(NCc4ccc5cc(Cl)ccc5n4)CC3)COC2)ccc1Cl. The second kappa shape index (κ2) is 10.3. The number of hydrogen-bond acceptors (Lipinski definition) is 5. The van der Waals surface area contributed by atoms with Crippen LogP contribution in [0.5, 0.6) is 5.75 Å². The molecule has 1 aliphatic carbocycles. The van der Waals surface area contributed by atoms with E-state index in [9.17, 15) is 4.39 Å². The molecule has 0 spiro atoms. The number of aromatic nitrogens is 1. The molecule has 1 saturated carbocycles. The molecule has 0 bridgehead atoms. The largest absolute Gasteiger partial charge is 0.481 e. The first kappa shape index (κ1) is 23.8. The molecule has 3 aromatic rings. The summed E-state index contributed by atoms with van der Waals surface area (Å²) >= 11 is 11.8. The molecule has 5 nitrogen and oxygen atoms in total. The second-order valence-electron chi connectivity index (χ2n) is 9.30. The van der Waals surface area contributed by atoms with Gasteiger partial charge >= 0.3 is 0 Å².